The highest BCUT2D eigenvalue weighted by atomic mass is 35.5. The van der Waals surface area contributed by atoms with Crippen molar-refractivity contribution in [3.63, 3.8) is 0 Å². The van der Waals surface area contributed by atoms with Gasteiger partial charge in [-0.25, -0.2) is 0 Å². The molecule has 0 fully saturated rings. The number of nitrogens with zero attached hydrogens (tertiary/aromatic N) is 1. The van der Waals surface area contributed by atoms with Crippen LogP contribution in [0.15, 0.2) is 18.2 Å². The summed E-state index contributed by atoms with van der Waals surface area (Å²) in [6.07, 6.45) is -2.71. The molecule has 0 aromatic heterocycles. The molecule has 0 unspecified atom stereocenters. The van der Waals surface area contributed by atoms with Crippen LogP contribution in [0.4, 0.5) is 18.9 Å². The van der Waals surface area contributed by atoms with E-state index in [2.05, 4.69) is 5.32 Å². The van der Waals surface area contributed by atoms with Gasteiger partial charge < -0.3 is 5.32 Å². The second-order valence-electron chi connectivity index (χ2n) is 3.73. The molecule has 1 rings (SSSR count). The lowest BCUT2D eigenvalue weighted by molar-refractivity contribution is -0.136. The molecule has 98 valence electrons. The van der Waals surface area contributed by atoms with E-state index in [0.29, 0.717) is 25.8 Å². The largest absolute Gasteiger partial charge is 0.418 e. The van der Waals surface area contributed by atoms with Gasteiger partial charge in [0.25, 0.3) is 0 Å². The van der Waals surface area contributed by atoms with Gasteiger partial charge in [-0.05, 0) is 31.0 Å². The van der Waals surface area contributed by atoms with Crippen LogP contribution in [-0.4, -0.2) is 6.54 Å². The predicted octanol–water partition coefficient (Wildman–Crippen LogP) is 4.46. The Morgan fingerprint density at radius 3 is 2.61 bits per heavy atom. The molecule has 0 spiro atoms. The van der Waals surface area contributed by atoms with Gasteiger partial charge in [0.05, 0.1) is 11.6 Å². The van der Waals surface area contributed by atoms with Gasteiger partial charge in [-0.15, -0.1) is 0 Å². The van der Waals surface area contributed by atoms with Crippen LogP contribution in [-0.2, 0) is 6.18 Å². The maximum Gasteiger partial charge on any atom is 0.418 e. The quantitative estimate of drug-likeness (QED) is 0.806. The van der Waals surface area contributed by atoms with Gasteiger partial charge >= 0.3 is 6.18 Å². The molecule has 0 radical (unpaired) electrons. The first-order chi connectivity index (χ1) is 8.45. The topological polar surface area (TPSA) is 35.8 Å². The van der Waals surface area contributed by atoms with E-state index in [4.69, 9.17) is 16.9 Å². The van der Waals surface area contributed by atoms with Crippen molar-refractivity contribution < 1.29 is 13.2 Å². The van der Waals surface area contributed by atoms with Crippen molar-refractivity contribution in [2.75, 3.05) is 11.9 Å². The lowest BCUT2D eigenvalue weighted by atomic mass is 10.1. The Bertz CT molecular complexity index is 438. The molecule has 18 heavy (non-hydrogen) atoms. The molecule has 1 N–H and O–H groups in total. The van der Waals surface area contributed by atoms with E-state index in [-0.39, 0.29) is 10.7 Å². The highest BCUT2D eigenvalue weighted by Crippen LogP contribution is 2.36. The fourth-order valence-corrected chi connectivity index (χ4v) is 1.63. The summed E-state index contributed by atoms with van der Waals surface area (Å²) in [4.78, 5) is 0. The average Bonchev–Trinajstić information content (AvgIpc) is 2.29. The smallest absolute Gasteiger partial charge is 0.385 e. The van der Waals surface area contributed by atoms with Crippen LogP contribution >= 0.6 is 11.6 Å². The summed E-state index contributed by atoms with van der Waals surface area (Å²) in [6.45, 7) is 0.395. The van der Waals surface area contributed by atoms with Gasteiger partial charge in [-0.1, -0.05) is 11.6 Å². The molecule has 0 aliphatic rings. The Morgan fingerprint density at radius 2 is 2.00 bits per heavy atom. The summed E-state index contributed by atoms with van der Waals surface area (Å²) >= 11 is 5.56. The van der Waals surface area contributed by atoms with Crippen LogP contribution in [0.3, 0.4) is 0 Å². The minimum Gasteiger partial charge on any atom is -0.385 e. The third-order valence-electron chi connectivity index (χ3n) is 2.32. The van der Waals surface area contributed by atoms with Crippen molar-refractivity contribution >= 4 is 17.3 Å². The number of benzene rings is 1. The lowest BCUT2D eigenvalue weighted by Crippen LogP contribution is -2.11. The number of halogens is 4. The van der Waals surface area contributed by atoms with E-state index in [9.17, 15) is 13.2 Å². The van der Waals surface area contributed by atoms with Crippen LogP contribution < -0.4 is 5.32 Å². The second-order valence-corrected chi connectivity index (χ2v) is 4.17. The fraction of sp³-hybridized carbons (Fsp3) is 0.417. The number of unbranched alkanes of at least 4 members (excludes halogenated alkanes) is 2. The highest BCUT2D eigenvalue weighted by Gasteiger charge is 2.33. The summed E-state index contributed by atoms with van der Waals surface area (Å²) in [7, 11) is 0. The summed E-state index contributed by atoms with van der Waals surface area (Å²) < 4.78 is 38.1. The van der Waals surface area contributed by atoms with Crippen molar-refractivity contribution in [2.24, 2.45) is 0 Å². The summed E-state index contributed by atoms with van der Waals surface area (Å²) in [5, 5.41) is 11.1. The zero-order chi connectivity index (χ0) is 13.6. The monoisotopic (exact) mass is 276 g/mol. The highest BCUT2D eigenvalue weighted by molar-refractivity contribution is 6.30. The third-order valence-corrected chi connectivity index (χ3v) is 2.55. The Kier molecular flexibility index (Phi) is 5.29. The van der Waals surface area contributed by atoms with Gasteiger partial charge in [0.15, 0.2) is 0 Å². The Balaban J connectivity index is 2.68. The van der Waals surface area contributed by atoms with Crippen LogP contribution in [0.2, 0.25) is 5.02 Å². The predicted molar refractivity (Wildman–Crippen MR) is 64.4 cm³/mol. The first-order valence-corrected chi connectivity index (χ1v) is 5.80. The molecule has 0 aliphatic heterocycles. The first-order valence-electron chi connectivity index (χ1n) is 5.42. The summed E-state index contributed by atoms with van der Waals surface area (Å²) in [5.41, 5.74) is -0.751. The Hall–Kier alpha value is -1.41. The van der Waals surface area contributed by atoms with Crippen molar-refractivity contribution in [1.82, 2.24) is 0 Å². The molecular weight excluding hydrogens is 265 g/mol. The molecular formula is C12H12ClF3N2. The van der Waals surface area contributed by atoms with Crippen LogP contribution in [0.1, 0.15) is 24.8 Å². The van der Waals surface area contributed by atoms with Gasteiger partial charge in [-0.2, -0.15) is 18.4 Å². The van der Waals surface area contributed by atoms with Crippen LogP contribution in [0.5, 0.6) is 0 Å². The molecule has 2 nitrogen and oxygen atoms in total. The Labute approximate surface area is 108 Å². The van der Waals surface area contributed by atoms with Crippen LogP contribution in [0.25, 0.3) is 0 Å². The molecule has 0 atom stereocenters. The number of nitrogens with one attached hydrogen (secondary N) is 1. The number of hydrogen-bond acceptors (Lipinski definition) is 2. The van der Waals surface area contributed by atoms with Crippen molar-refractivity contribution in [2.45, 2.75) is 25.4 Å². The van der Waals surface area contributed by atoms with Crippen molar-refractivity contribution in [3.8, 4) is 6.07 Å². The Morgan fingerprint density at radius 1 is 1.28 bits per heavy atom. The van der Waals surface area contributed by atoms with E-state index in [0.717, 1.165) is 6.07 Å². The average molecular weight is 277 g/mol. The molecule has 6 heteroatoms. The number of rotatable bonds is 5. The minimum atomic E-state index is -4.43. The molecule has 0 saturated carbocycles. The van der Waals surface area contributed by atoms with E-state index in [1.807, 2.05) is 6.07 Å². The van der Waals surface area contributed by atoms with Crippen LogP contribution in [0, 0.1) is 11.3 Å². The zero-order valence-electron chi connectivity index (χ0n) is 9.52. The molecule has 0 amide bonds. The number of anilines is 1. The number of nitriles is 1. The zero-order valence-corrected chi connectivity index (χ0v) is 10.3. The third kappa shape index (κ3) is 4.46. The van der Waals surface area contributed by atoms with Gasteiger partial charge in [0, 0.05) is 23.7 Å². The summed E-state index contributed by atoms with van der Waals surface area (Å²) in [6, 6.07) is 5.61. The number of hydrogen-bond donors (Lipinski definition) is 1. The van der Waals surface area contributed by atoms with E-state index in [1.165, 1.54) is 12.1 Å². The molecule has 1 aromatic carbocycles. The van der Waals surface area contributed by atoms with Crippen molar-refractivity contribution in [1.29, 1.82) is 5.26 Å². The normalized spacial score (nSPS) is 11.1. The summed E-state index contributed by atoms with van der Waals surface area (Å²) in [5.74, 6) is 0. The van der Waals surface area contributed by atoms with Crippen molar-refractivity contribution in [3.05, 3.63) is 28.8 Å². The lowest BCUT2D eigenvalue weighted by Gasteiger charge is -2.14. The van der Waals surface area contributed by atoms with E-state index < -0.39 is 11.7 Å². The molecule has 0 heterocycles. The second kappa shape index (κ2) is 6.50. The van der Waals surface area contributed by atoms with E-state index >= 15 is 0 Å². The minimum absolute atomic E-state index is 0.0175. The van der Waals surface area contributed by atoms with Gasteiger partial charge in [0.1, 0.15) is 0 Å². The standard InChI is InChI=1S/C12H12ClF3N2/c13-9-4-5-11(10(8-9)12(14,15)16)18-7-3-1-2-6-17/h4-5,8,18H,1-3,7H2. The van der Waals surface area contributed by atoms with E-state index in [1.54, 1.807) is 0 Å². The maximum absolute atomic E-state index is 12.7. The molecule has 1 aromatic rings. The maximum atomic E-state index is 12.7. The number of alkyl halides is 3. The SMILES string of the molecule is N#CCCCCNc1ccc(Cl)cc1C(F)(F)F. The molecule has 0 saturated heterocycles. The first kappa shape index (κ1) is 14.7. The molecule has 0 aliphatic carbocycles. The van der Waals surface area contributed by atoms with Gasteiger partial charge in [-0.3, -0.25) is 0 Å². The fourth-order valence-electron chi connectivity index (χ4n) is 1.46. The molecule has 0 bridgehead atoms. The van der Waals surface area contributed by atoms with Gasteiger partial charge in [0.2, 0.25) is 0 Å².